The van der Waals surface area contributed by atoms with Crippen molar-refractivity contribution in [2.45, 2.75) is 26.3 Å². The van der Waals surface area contributed by atoms with Gasteiger partial charge >= 0.3 is 0 Å². The number of fused-ring (bicyclic) bond motifs is 1. The highest BCUT2D eigenvalue weighted by molar-refractivity contribution is 5.75. The average molecular weight is 299 g/mol. The van der Waals surface area contributed by atoms with Crippen LogP contribution in [0.1, 0.15) is 17.7 Å². The SMILES string of the molecule is Cc1ccn(CCC(=O)NCC2COc3ccccc3C2)n1. The molecule has 116 valence electrons. The third-order valence-corrected chi connectivity index (χ3v) is 3.89. The number of para-hydroxylation sites is 1. The Morgan fingerprint density at radius 3 is 3.09 bits per heavy atom. The number of ether oxygens (including phenoxy) is 1. The van der Waals surface area contributed by atoms with Crippen molar-refractivity contribution >= 4 is 5.91 Å². The van der Waals surface area contributed by atoms with Gasteiger partial charge in [-0.05, 0) is 31.0 Å². The van der Waals surface area contributed by atoms with Crippen molar-refractivity contribution in [2.24, 2.45) is 5.92 Å². The summed E-state index contributed by atoms with van der Waals surface area (Å²) in [5, 5.41) is 7.27. The summed E-state index contributed by atoms with van der Waals surface area (Å²) in [5.41, 5.74) is 2.19. The molecule has 0 spiro atoms. The van der Waals surface area contributed by atoms with Crippen molar-refractivity contribution in [3.8, 4) is 5.75 Å². The number of nitrogens with zero attached hydrogens (tertiary/aromatic N) is 2. The molecule has 5 nitrogen and oxygen atoms in total. The van der Waals surface area contributed by atoms with Gasteiger partial charge in [-0.25, -0.2) is 0 Å². The fraction of sp³-hybridized carbons (Fsp3) is 0.412. The van der Waals surface area contributed by atoms with E-state index in [9.17, 15) is 4.79 Å². The van der Waals surface area contributed by atoms with Crippen LogP contribution in [0.5, 0.6) is 5.75 Å². The highest BCUT2D eigenvalue weighted by atomic mass is 16.5. The number of hydrogen-bond donors (Lipinski definition) is 1. The molecule has 1 unspecified atom stereocenters. The largest absolute Gasteiger partial charge is 0.493 e. The Morgan fingerprint density at radius 1 is 1.41 bits per heavy atom. The summed E-state index contributed by atoms with van der Waals surface area (Å²) in [7, 11) is 0. The van der Waals surface area contributed by atoms with Gasteiger partial charge in [0.25, 0.3) is 0 Å². The highest BCUT2D eigenvalue weighted by Crippen LogP contribution is 2.26. The predicted molar refractivity (Wildman–Crippen MR) is 83.7 cm³/mol. The van der Waals surface area contributed by atoms with Crippen molar-refractivity contribution in [3.63, 3.8) is 0 Å². The average Bonchev–Trinajstić information content (AvgIpc) is 2.96. The molecule has 0 bridgehead atoms. The lowest BCUT2D eigenvalue weighted by Crippen LogP contribution is -2.35. The van der Waals surface area contributed by atoms with Gasteiger partial charge < -0.3 is 10.1 Å². The molecule has 2 aromatic rings. The van der Waals surface area contributed by atoms with Gasteiger partial charge in [-0.1, -0.05) is 18.2 Å². The van der Waals surface area contributed by atoms with Gasteiger partial charge in [-0.15, -0.1) is 0 Å². The van der Waals surface area contributed by atoms with Gasteiger partial charge in [0.15, 0.2) is 0 Å². The first kappa shape index (κ1) is 14.6. The quantitative estimate of drug-likeness (QED) is 0.918. The normalized spacial score (nSPS) is 16.7. The molecule has 5 heteroatoms. The number of carbonyl (C=O) groups is 1. The summed E-state index contributed by atoms with van der Waals surface area (Å²) in [4.78, 5) is 11.9. The number of benzene rings is 1. The monoisotopic (exact) mass is 299 g/mol. The van der Waals surface area contributed by atoms with Gasteiger partial charge in [0.05, 0.1) is 12.3 Å². The van der Waals surface area contributed by atoms with Crippen LogP contribution in [0.25, 0.3) is 0 Å². The number of aryl methyl sites for hydroxylation is 2. The van der Waals surface area contributed by atoms with Crippen molar-refractivity contribution in [3.05, 3.63) is 47.8 Å². The second-order valence-electron chi connectivity index (χ2n) is 5.76. The Balaban J connectivity index is 1.42. The van der Waals surface area contributed by atoms with E-state index in [-0.39, 0.29) is 5.91 Å². The smallest absolute Gasteiger partial charge is 0.221 e. The van der Waals surface area contributed by atoms with Gasteiger partial charge in [0.2, 0.25) is 5.91 Å². The Kier molecular flexibility index (Phi) is 4.42. The molecule has 1 N–H and O–H groups in total. The molecule has 1 aromatic heterocycles. The standard InChI is InChI=1S/C17H21N3O2/c1-13-6-8-20(19-13)9-7-17(21)18-11-14-10-15-4-2-3-5-16(15)22-12-14/h2-6,8,14H,7,9-12H2,1H3,(H,18,21). The van der Waals surface area contributed by atoms with Crippen molar-refractivity contribution in [1.29, 1.82) is 0 Å². The number of amides is 1. The van der Waals surface area contributed by atoms with E-state index < -0.39 is 0 Å². The summed E-state index contributed by atoms with van der Waals surface area (Å²) in [6, 6.07) is 10.0. The fourth-order valence-corrected chi connectivity index (χ4v) is 2.67. The number of nitrogens with one attached hydrogen (secondary N) is 1. The van der Waals surface area contributed by atoms with Crippen LogP contribution >= 0.6 is 0 Å². The minimum Gasteiger partial charge on any atom is -0.493 e. The molecular weight excluding hydrogens is 278 g/mol. The van der Waals surface area contributed by atoms with Gasteiger partial charge in [0.1, 0.15) is 5.75 Å². The summed E-state index contributed by atoms with van der Waals surface area (Å²) < 4.78 is 7.54. The Bertz CT molecular complexity index is 651. The van der Waals surface area contributed by atoms with E-state index in [4.69, 9.17) is 4.74 Å². The van der Waals surface area contributed by atoms with Crippen molar-refractivity contribution in [1.82, 2.24) is 15.1 Å². The van der Waals surface area contributed by atoms with Crippen LogP contribution in [0.4, 0.5) is 0 Å². The van der Waals surface area contributed by atoms with Crippen LogP contribution in [-0.4, -0.2) is 28.8 Å². The summed E-state index contributed by atoms with van der Waals surface area (Å²) in [5.74, 6) is 1.37. The lowest BCUT2D eigenvalue weighted by Gasteiger charge is -2.25. The van der Waals surface area contributed by atoms with Gasteiger partial charge in [-0.2, -0.15) is 5.10 Å². The molecule has 0 saturated heterocycles. The van der Waals surface area contributed by atoms with Crippen LogP contribution in [0.2, 0.25) is 0 Å². The molecule has 0 aliphatic carbocycles. The van der Waals surface area contributed by atoms with E-state index in [0.29, 0.717) is 32.0 Å². The predicted octanol–water partition coefficient (Wildman–Crippen LogP) is 1.95. The van der Waals surface area contributed by atoms with Gasteiger partial charge in [-0.3, -0.25) is 9.48 Å². The van der Waals surface area contributed by atoms with Crippen LogP contribution in [-0.2, 0) is 17.8 Å². The van der Waals surface area contributed by atoms with E-state index in [1.54, 1.807) is 4.68 Å². The lowest BCUT2D eigenvalue weighted by atomic mass is 9.97. The highest BCUT2D eigenvalue weighted by Gasteiger charge is 2.19. The van der Waals surface area contributed by atoms with E-state index in [1.165, 1.54) is 5.56 Å². The zero-order valence-electron chi connectivity index (χ0n) is 12.8. The zero-order chi connectivity index (χ0) is 15.4. The van der Waals surface area contributed by atoms with E-state index in [2.05, 4.69) is 16.5 Å². The maximum absolute atomic E-state index is 11.9. The molecule has 2 heterocycles. The molecule has 0 saturated carbocycles. The van der Waals surface area contributed by atoms with E-state index in [0.717, 1.165) is 17.9 Å². The first-order valence-corrected chi connectivity index (χ1v) is 7.68. The number of rotatable bonds is 5. The third kappa shape index (κ3) is 3.67. The minimum atomic E-state index is 0.0620. The molecule has 1 atom stereocenters. The third-order valence-electron chi connectivity index (χ3n) is 3.89. The molecule has 1 aliphatic heterocycles. The summed E-state index contributed by atoms with van der Waals surface area (Å²) in [6.45, 7) is 3.88. The maximum atomic E-state index is 11.9. The fourth-order valence-electron chi connectivity index (χ4n) is 2.67. The van der Waals surface area contributed by atoms with Crippen LogP contribution < -0.4 is 10.1 Å². The second-order valence-corrected chi connectivity index (χ2v) is 5.76. The van der Waals surface area contributed by atoms with E-state index in [1.807, 2.05) is 37.4 Å². The molecule has 1 aromatic carbocycles. The zero-order valence-corrected chi connectivity index (χ0v) is 12.8. The molecule has 0 fully saturated rings. The molecule has 1 amide bonds. The maximum Gasteiger partial charge on any atom is 0.221 e. The second kappa shape index (κ2) is 6.64. The number of carbonyl (C=O) groups excluding carboxylic acids is 1. The minimum absolute atomic E-state index is 0.0620. The number of hydrogen-bond acceptors (Lipinski definition) is 3. The van der Waals surface area contributed by atoms with Crippen LogP contribution in [0.15, 0.2) is 36.5 Å². The topological polar surface area (TPSA) is 56.2 Å². The van der Waals surface area contributed by atoms with Crippen LogP contribution in [0.3, 0.4) is 0 Å². The number of aromatic nitrogens is 2. The summed E-state index contributed by atoms with van der Waals surface area (Å²) in [6.07, 6.45) is 3.30. The van der Waals surface area contributed by atoms with Gasteiger partial charge in [0, 0.05) is 31.6 Å². The molecule has 0 radical (unpaired) electrons. The lowest BCUT2D eigenvalue weighted by molar-refractivity contribution is -0.121. The molecular formula is C17H21N3O2. The molecule has 22 heavy (non-hydrogen) atoms. The van der Waals surface area contributed by atoms with Crippen LogP contribution in [0, 0.1) is 12.8 Å². The van der Waals surface area contributed by atoms with E-state index >= 15 is 0 Å². The first-order chi connectivity index (χ1) is 10.7. The van der Waals surface area contributed by atoms with Crippen molar-refractivity contribution in [2.75, 3.05) is 13.2 Å². The van der Waals surface area contributed by atoms with Crippen molar-refractivity contribution < 1.29 is 9.53 Å². The first-order valence-electron chi connectivity index (χ1n) is 7.68. The Labute approximate surface area is 130 Å². The Morgan fingerprint density at radius 2 is 2.27 bits per heavy atom. The summed E-state index contributed by atoms with van der Waals surface area (Å²) >= 11 is 0. The molecule has 1 aliphatic rings. The Hall–Kier alpha value is -2.30. The molecule has 3 rings (SSSR count).